The molecule has 0 aliphatic heterocycles. The summed E-state index contributed by atoms with van der Waals surface area (Å²) in [6, 6.07) is 11.1. The lowest BCUT2D eigenvalue weighted by atomic mass is 10.3. The third kappa shape index (κ3) is 4.04. The van der Waals surface area contributed by atoms with E-state index in [1.807, 2.05) is 0 Å². The van der Waals surface area contributed by atoms with Gasteiger partial charge in [-0.15, -0.1) is 0 Å². The predicted octanol–water partition coefficient (Wildman–Crippen LogP) is 2.35. The molecule has 0 radical (unpaired) electrons. The topological polar surface area (TPSA) is 118 Å². The second-order valence-electron chi connectivity index (χ2n) is 4.59. The van der Waals surface area contributed by atoms with Crippen molar-refractivity contribution in [3.05, 3.63) is 58.6 Å². The zero-order valence-corrected chi connectivity index (χ0v) is 12.8. The molecule has 0 fully saturated rings. The number of anilines is 2. The lowest BCUT2D eigenvalue weighted by Gasteiger charge is -2.10. The maximum absolute atomic E-state index is 12.4. The molecule has 0 heterocycles. The Morgan fingerprint density at radius 1 is 1.09 bits per heavy atom. The van der Waals surface area contributed by atoms with E-state index in [1.165, 1.54) is 31.2 Å². The fourth-order valence-corrected chi connectivity index (χ4v) is 3.13. The van der Waals surface area contributed by atoms with Gasteiger partial charge in [0.1, 0.15) is 0 Å². The molecule has 0 bridgehead atoms. The van der Waals surface area contributed by atoms with E-state index >= 15 is 0 Å². The summed E-state index contributed by atoms with van der Waals surface area (Å²) in [6.07, 6.45) is 0. The molecular formula is C14H13N3O5S. The molecule has 0 aliphatic rings. The molecule has 1 amide bonds. The van der Waals surface area contributed by atoms with Gasteiger partial charge in [0.15, 0.2) is 4.90 Å². The van der Waals surface area contributed by atoms with Crippen LogP contribution < -0.4 is 10.0 Å². The Morgan fingerprint density at radius 3 is 2.39 bits per heavy atom. The number of amides is 1. The van der Waals surface area contributed by atoms with Crippen molar-refractivity contribution in [3.63, 3.8) is 0 Å². The average Bonchev–Trinajstić information content (AvgIpc) is 2.46. The zero-order chi connectivity index (χ0) is 17.0. The van der Waals surface area contributed by atoms with Gasteiger partial charge >= 0.3 is 0 Å². The van der Waals surface area contributed by atoms with E-state index in [0.717, 1.165) is 12.1 Å². The smallest absolute Gasteiger partial charge is 0.289 e. The maximum atomic E-state index is 12.4. The summed E-state index contributed by atoms with van der Waals surface area (Å²) >= 11 is 0. The molecule has 2 aromatic carbocycles. The summed E-state index contributed by atoms with van der Waals surface area (Å²) in [6.45, 7) is 1.32. The maximum Gasteiger partial charge on any atom is 0.289 e. The van der Waals surface area contributed by atoms with Crippen LogP contribution in [-0.4, -0.2) is 19.2 Å². The second-order valence-corrected chi connectivity index (χ2v) is 6.24. The molecule has 0 atom stereocenters. The van der Waals surface area contributed by atoms with Gasteiger partial charge in [-0.3, -0.25) is 19.6 Å². The molecule has 2 N–H and O–H groups in total. The minimum absolute atomic E-state index is 0.175. The minimum atomic E-state index is -4.14. The van der Waals surface area contributed by atoms with E-state index in [0.29, 0.717) is 5.69 Å². The minimum Gasteiger partial charge on any atom is -0.326 e. The van der Waals surface area contributed by atoms with Crippen molar-refractivity contribution in [1.82, 2.24) is 0 Å². The number of nitrogens with one attached hydrogen (secondary N) is 2. The lowest BCUT2D eigenvalue weighted by molar-refractivity contribution is -0.387. The monoisotopic (exact) mass is 335 g/mol. The molecule has 0 unspecified atom stereocenters. The molecular weight excluding hydrogens is 322 g/mol. The van der Waals surface area contributed by atoms with Crippen molar-refractivity contribution in [2.45, 2.75) is 11.8 Å². The number of sulfonamides is 1. The standard InChI is InChI=1S/C14H13N3O5S/c1-10(18)15-11-5-4-6-12(9-11)16-23(21,22)14-8-3-2-7-13(14)17(19)20/h2-9,16H,1H3,(H,15,18). The van der Waals surface area contributed by atoms with Crippen LogP contribution in [0.1, 0.15) is 6.92 Å². The molecule has 0 saturated heterocycles. The normalized spacial score (nSPS) is 10.8. The summed E-state index contributed by atoms with van der Waals surface area (Å²) in [5, 5.41) is 13.5. The molecule has 0 saturated carbocycles. The average molecular weight is 335 g/mol. The number of nitrogens with zero attached hydrogens (tertiary/aromatic N) is 1. The Balaban J connectivity index is 2.36. The van der Waals surface area contributed by atoms with Gasteiger partial charge in [-0.1, -0.05) is 18.2 Å². The highest BCUT2D eigenvalue weighted by Gasteiger charge is 2.25. The lowest BCUT2D eigenvalue weighted by Crippen LogP contribution is -2.15. The molecule has 2 rings (SSSR count). The van der Waals surface area contributed by atoms with Crippen molar-refractivity contribution in [1.29, 1.82) is 0 Å². The summed E-state index contributed by atoms with van der Waals surface area (Å²) < 4.78 is 27.0. The molecule has 9 heteroatoms. The Kier molecular flexibility index (Phi) is 4.60. The number of benzene rings is 2. The number of rotatable bonds is 5. The van der Waals surface area contributed by atoms with E-state index in [-0.39, 0.29) is 11.6 Å². The number of hydrogen-bond acceptors (Lipinski definition) is 5. The second kappa shape index (κ2) is 6.44. The van der Waals surface area contributed by atoms with Crippen LogP contribution in [0.3, 0.4) is 0 Å². The Morgan fingerprint density at radius 2 is 1.74 bits per heavy atom. The van der Waals surface area contributed by atoms with Crippen molar-refractivity contribution < 1.29 is 18.1 Å². The number of nitro groups is 1. The molecule has 0 aliphatic carbocycles. The van der Waals surface area contributed by atoms with Gasteiger partial charge in [0.25, 0.3) is 15.7 Å². The van der Waals surface area contributed by atoms with E-state index < -0.39 is 25.5 Å². The van der Waals surface area contributed by atoms with Crippen LogP contribution in [0.4, 0.5) is 17.1 Å². The van der Waals surface area contributed by atoms with E-state index in [9.17, 15) is 23.3 Å². The third-order valence-corrected chi connectivity index (χ3v) is 4.22. The molecule has 120 valence electrons. The van der Waals surface area contributed by atoms with Crippen molar-refractivity contribution in [2.75, 3.05) is 10.0 Å². The van der Waals surface area contributed by atoms with Crippen LogP contribution in [0.5, 0.6) is 0 Å². The SMILES string of the molecule is CC(=O)Nc1cccc(NS(=O)(=O)c2ccccc2[N+](=O)[O-])c1. The van der Waals surface area contributed by atoms with Crippen molar-refractivity contribution in [2.24, 2.45) is 0 Å². The fraction of sp³-hybridized carbons (Fsp3) is 0.0714. The Bertz CT molecular complexity index is 864. The Hall–Kier alpha value is -2.94. The van der Waals surface area contributed by atoms with Gasteiger partial charge in [0.2, 0.25) is 5.91 Å². The third-order valence-electron chi connectivity index (χ3n) is 2.79. The highest BCUT2D eigenvalue weighted by atomic mass is 32.2. The number of hydrogen-bond donors (Lipinski definition) is 2. The number of carbonyl (C=O) groups is 1. The number of carbonyl (C=O) groups excluding carboxylic acids is 1. The van der Waals surface area contributed by atoms with E-state index in [2.05, 4.69) is 10.0 Å². The van der Waals surface area contributed by atoms with Gasteiger partial charge in [-0.25, -0.2) is 8.42 Å². The van der Waals surface area contributed by atoms with Crippen LogP contribution in [-0.2, 0) is 14.8 Å². The van der Waals surface area contributed by atoms with Crippen LogP contribution >= 0.6 is 0 Å². The molecule has 0 aromatic heterocycles. The quantitative estimate of drug-likeness (QED) is 0.642. The summed E-state index contributed by atoms with van der Waals surface area (Å²) in [5.74, 6) is -0.302. The largest absolute Gasteiger partial charge is 0.326 e. The van der Waals surface area contributed by atoms with Crippen molar-refractivity contribution in [3.8, 4) is 0 Å². The van der Waals surface area contributed by atoms with Gasteiger partial charge in [-0.2, -0.15) is 0 Å². The first kappa shape index (κ1) is 16.4. The molecule has 23 heavy (non-hydrogen) atoms. The van der Waals surface area contributed by atoms with Crippen LogP contribution in [0, 0.1) is 10.1 Å². The first-order valence-electron chi connectivity index (χ1n) is 6.43. The van der Waals surface area contributed by atoms with Gasteiger partial charge in [0.05, 0.1) is 10.6 Å². The number of para-hydroxylation sites is 1. The van der Waals surface area contributed by atoms with E-state index in [4.69, 9.17) is 0 Å². The molecule has 2 aromatic rings. The Labute approximate surface area is 132 Å². The van der Waals surface area contributed by atoms with Crippen LogP contribution in [0.25, 0.3) is 0 Å². The molecule has 8 nitrogen and oxygen atoms in total. The summed E-state index contributed by atoms with van der Waals surface area (Å²) in [5.41, 5.74) is 0.0627. The van der Waals surface area contributed by atoms with Gasteiger partial charge in [0, 0.05) is 18.7 Å². The number of nitro benzene ring substituents is 1. The predicted molar refractivity (Wildman–Crippen MR) is 84.7 cm³/mol. The van der Waals surface area contributed by atoms with Gasteiger partial charge < -0.3 is 5.32 Å². The first-order chi connectivity index (χ1) is 10.8. The molecule has 0 spiro atoms. The summed E-state index contributed by atoms with van der Waals surface area (Å²) in [4.78, 5) is 20.8. The first-order valence-corrected chi connectivity index (χ1v) is 7.92. The van der Waals surface area contributed by atoms with Crippen LogP contribution in [0.2, 0.25) is 0 Å². The fourth-order valence-electron chi connectivity index (χ4n) is 1.91. The van der Waals surface area contributed by atoms with Crippen LogP contribution in [0.15, 0.2) is 53.4 Å². The summed E-state index contributed by atoms with van der Waals surface area (Å²) in [7, 11) is -4.14. The van der Waals surface area contributed by atoms with E-state index in [1.54, 1.807) is 12.1 Å². The zero-order valence-electron chi connectivity index (χ0n) is 12.0. The highest BCUT2D eigenvalue weighted by Crippen LogP contribution is 2.26. The van der Waals surface area contributed by atoms with Crippen molar-refractivity contribution >= 4 is 33.0 Å². The van der Waals surface area contributed by atoms with Gasteiger partial charge in [-0.05, 0) is 24.3 Å². The highest BCUT2D eigenvalue weighted by molar-refractivity contribution is 7.92.